The molecule has 0 radical (unpaired) electrons. The fourth-order valence-electron chi connectivity index (χ4n) is 20.0. The van der Waals surface area contributed by atoms with Crippen LogP contribution in [0.2, 0.25) is 0 Å². The molecule has 16 aromatic carbocycles. The minimum atomic E-state index is -0.253. The molecule has 0 fully saturated rings. The lowest BCUT2D eigenvalue weighted by molar-refractivity contribution is 0.590. The van der Waals surface area contributed by atoms with Crippen molar-refractivity contribution in [3.63, 3.8) is 0 Å². The third kappa shape index (κ3) is 10.6. The van der Waals surface area contributed by atoms with Crippen molar-refractivity contribution in [2.45, 2.75) is 129 Å². The smallest absolute Gasteiger partial charge is 0.0546 e. The zero-order valence-corrected chi connectivity index (χ0v) is 66.9. The summed E-state index contributed by atoms with van der Waals surface area (Å²) in [6, 6.07) is 122. The van der Waals surface area contributed by atoms with Crippen molar-refractivity contribution in [1.82, 2.24) is 0 Å². The molecule has 0 bridgehead atoms. The van der Waals surface area contributed by atoms with E-state index in [4.69, 9.17) is 0 Å². The molecule has 0 aliphatic heterocycles. The third-order valence-corrected chi connectivity index (χ3v) is 26.4. The molecule has 2 nitrogen and oxygen atoms in total. The predicted molar refractivity (Wildman–Crippen MR) is 478 cm³/mol. The van der Waals surface area contributed by atoms with E-state index in [1.807, 2.05) is 0 Å². The van der Waals surface area contributed by atoms with Crippen LogP contribution in [-0.2, 0) is 32.5 Å². The Kier molecular flexibility index (Phi) is 15.2. The molecule has 0 saturated carbocycles. The monoisotopic (exact) mass is 1440 g/mol. The number of rotatable bonds is 10. The highest BCUT2D eigenvalue weighted by Gasteiger charge is 2.41. The average Bonchev–Trinajstić information content (AvgIpc) is 1.02. The lowest BCUT2D eigenvalue weighted by Gasteiger charge is -2.31. The summed E-state index contributed by atoms with van der Waals surface area (Å²) in [5.41, 5.74) is 40.1. The summed E-state index contributed by atoms with van der Waals surface area (Å²) in [6.45, 7) is 33.0. The lowest BCUT2D eigenvalue weighted by Crippen LogP contribution is -2.15. The minimum absolute atomic E-state index is 0.00386. The zero-order valence-electron chi connectivity index (χ0n) is 66.9. The summed E-state index contributed by atoms with van der Waals surface area (Å²) in [6.07, 6.45) is 0. The molecule has 0 atom stereocenters. The normalized spacial score (nSPS) is 14.8. The van der Waals surface area contributed by atoms with Crippen molar-refractivity contribution in [2.24, 2.45) is 0 Å². The number of benzene rings is 16. The maximum absolute atomic E-state index is 2.55. The Hall–Kier alpha value is -12.1. The molecule has 4 aliphatic rings. The first-order chi connectivity index (χ1) is 53.8. The average molecular weight is 1440 g/mol. The van der Waals surface area contributed by atoms with Crippen molar-refractivity contribution in [1.29, 1.82) is 0 Å². The van der Waals surface area contributed by atoms with Crippen molar-refractivity contribution >= 4 is 66.4 Å². The molecule has 0 amide bonds. The summed E-state index contributed by atoms with van der Waals surface area (Å²) in [7, 11) is 0. The lowest BCUT2D eigenvalue weighted by atomic mass is 9.80. The van der Waals surface area contributed by atoms with Gasteiger partial charge in [0, 0.05) is 55.2 Å². The molecule has 16 aromatic rings. The molecule has 0 unspecified atom stereocenters. The fraction of sp³-hybridized carbons (Fsp3) is 0.182. The van der Waals surface area contributed by atoms with Gasteiger partial charge in [0.05, 0.1) is 11.4 Å². The first kappa shape index (κ1) is 69.1. The molecule has 2 heteroatoms. The predicted octanol–water partition coefficient (Wildman–Crippen LogP) is 30.6. The molecular weight excluding hydrogens is 1350 g/mol. The van der Waals surface area contributed by atoms with Crippen LogP contribution >= 0.6 is 0 Å². The molecule has 544 valence electrons. The van der Waals surface area contributed by atoms with Gasteiger partial charge in [-0.2, -0.15) is 0 Å². The number of fused-ring (bicyclic) bond motifs is 17. The van der Waals surface area contributed by atoms with E-state index in [9.17, 15) is 0 Å². The van der Waals surface area contributed by atoms with E-state index in [0.717, 1.165) is 50.6 Å². The van der Waals surface area contributed by atoms with Crippen LogP contribution in [0.25, 0.3) is 121 Å². The molecule has 0 saturated heterocycles. The second-order valence-corrected chi connectivity index (χ2v) is 36.5. The van der Waals surface area contributed by atoms with Gasteiger partial charge in [0.25, 0.3) is 0 Å². The van der Waals surface area contributed by atoms with E-state index in [1.54, 1.807) is 0 Å². The quantitative estimate of drug-likeness (QED) is 0.126. The van der Waals surface area contributed by atoms with Crippen molar-refractivity contribution in [3.05, 3.63) is 371 Å². The number of hydrogen-bond donors (Lipinski definition) is 0. The third-order valence-electron chi connectivity index (χ3n) is 26.4. The Morgan fingerprint density at radius 2 is 0.438 bits per heavy atom. The van der Waals surface area contributed by atoms with Crippen molar-refractivity contribution in [3.8, 4) is 89.0 Å². The van der Waals surface area contributed by atoms with E-state index in [-0.39, 0.29) is 32.5 Å². The topological polar surface area (TPSA) is 6.48 Å². The summed E-state index contributed by atoms with van der Waals surface area (Å²) in [5.74, 6) is 0. The van der Waals surface area contributed by atoms with Gasteiger partial charge in [-0.1, -0.05) is 315 Å². The van der Waals surface area contributed by atoms with Crippen LogP contribution in [0, 0.1) is 0 Å². The van der Waals surface area contributed by atoms with E-state index >= 15 is 0 Å². The maximum Gasteiger partial charge on any atom is 0.0546 e. The molecular formula is C110H94N2. The summed E-state index contributed by atoms with van der Waals surface area (Å²) in [4.78, 5) is 5.04. The van der Waals surface area contributed by atoms with Crippen molar-refractivity contribution < 1.29 is 0 Å². The molecule has 0 aromatic heterocycles. The maximum atomic E-state index is 2.55. The SMILES string of the molecule is CC(C)(C)c1ccc(N(c2ccc(C(C)(C)C)cc2)c2cc3c4ccccc4c(N(c4cccc(-c5ccc6c(c5)C(C)(C)c5cc(-c7ccc8c(c7)C(C)(C)c7ccccc7-8)ccc5-6)c4)c4cccc(-c5ccc6c(c5)C(C)(C)c5cc(-c7ccc8c(c7)C(C)(C)c7ccccc7-8)ccc5-6)c4)cc3c3ccccc23)cc1. The van der Waals surface area contributed by atoms with E-state index in [0.29, 0.717) is 0 Å². The van der Waals surface area contributed by atoms with Crippen LogP contribution in [-0.4, -0.2) is 0 Å². The highest BCUT2D eigenvalue weighted by molar-refractivity contribution is 6.25. The Labute approximate surface area is 661 Å². The number of nitrogens with zero attached hydrogens (tertiary/aromatic N) is 2. The minimum Gasteiger partial charge on any atom is -0.310 e. The second-order valence-electron chi connectivity index (χ2n) is 36.5. The Bertz CT molecular complexity index is 6310. The van der Waals surface area contributed by atoms with Gasteiger partial charge < -0.3 is 9.80 Å². The summed E-state index contributed by atoms with van der Waals surface area (Å²) in [5, 5.41) is 7.12. The van der Waals surface area contributed by atoms with Crippen LogP contribution in [0.5, 0.6) is 0 Å². The van der Waals surface area contributed by atoms with Gasteiger partial charge in [-0.15, -0.1) is 0 Å². The van der Waals surface area contributed by atoms with E-state index in [1.165, 1.54) is 160 Å². The van der Waals surface area contributed by atoms with Gasteiger partial charge in [-0.3, -0.25) is 0 Å². The van der Waals surface area contributed by atoms with Crippen LogP contribution in [0.3, 0.4) is 0 Å². The van der Waals surface area contributed by atoms with Crippen LogP contribution in [0.15, 0.2) is 315 Å². The van der Waals surface area contributed by atoms with Crippen LogP contribution in [0.4, 0.5) is 34.1 Å². The molecule has 0 spiro atoms. The van der Waals surface area contributed by atoms with E-state index in [2.05, 4.69) is 422 Å². The number of hydrogen-bond acceptors (Lipinski definition) is 2. The number of anilines is 6. The van der Waals surface area contributed by atoms with Gasteiger partial charge in [-0.25, -0.2) is 0 Å². The first-order valence-electron chi connectivity index (χ1n) is 40.3. The van der Waals surface area contributed by atoms with Crippen molar-refractivity contribution in [2.75, 3.05) is 9.80 Å². The van der Waals surface area contributed by atoms with Gasteiger partial charge >= 0.3 is 0 Å². The van der Waals surface area contributed by atoms with Crippen LogP contribution in [0.1, 0.15) is 153 Å². The first-order valence-corrected chi connectivity index (χ1v) is 40.3. The molecule has 0 N–H and O–H groups in total. The highest BCUT2D eigenvalue weighted by atomic mass is 15.2. The van der Waals surface area contributed by atoms with Gasteiger partial charge in [0.2, 0.25) is 0 Å². The molecule has 20 rings (SSSR count). The van der Waals surface area contributed by atoms with Crippen LogP contribution < -0.4 is 9.80 Å². The van der Waals surface area contributed by atoms with Gasteiger partial charge in [-0.05, 0) is 274 Å². The zero-order chi connectivity index (χ0) is 76.9. The molecule has 4 aliphatic carbocycles. The summed E-state index contributed by atoms with van der Waals surface area (Å²) < 4.78 is 0. The largest absolute Gasteiger partial charge is 0.310 e. The highest BCUT2D eigenvalue weighted by Crippen LogP contribution is 2.57. The molecule has 0 heterocycles. The van der Waals surface area contributed by atoms with Gasteiger partial charge in [0.1, 0.15) is 0 Å². The Morgan fingerprint density at radius 1 is 0.188 bits per heavy atom. The Morgan fingerprint density at radius 3 is 0.741 bits per heavy atom. The second kappa shape index (κ2) is 24.7. The van der Waals surface area contributed by atoms with E-state index < -0.39 is 0 Å². The molecule has 112 heavy (non-hydrogen) atoms. The van der Waals surface area contributed by atoms with Gasteiger partial charge in [0.15, 0.2) is 0 Å². The standard InChI is InChI=1S/C110H94N2/c1-105(2,3)75-43-47-77(48-44-75)111(78-49-45-76(46-50-78)106(4,5)6)103-65-93-82-30-16-18-34-92(82)104(66-94(93)81-29-15-17-33-91(81)103)112(79-27-23-25-67(57-79)69-37-53-87-89-55-41-73(63-101(89)109(11,12)99(87)59-69)71-39-51-85-83-31-19-21-35-95(83)107(7,8)97(85)61-71)80-28-24-26-68(58-80)70-38-54-88-90-56-42-74(64-102(90)110(13,14)100(88)60-70)72-40-52-86-84-32-20-22-36-96(84)108(9,10)98(86)62-72/h15-66H,1-14H3. The summed E-state index contributed by atoms with van der Waals surface area (Å²) >= 11 is 0. The fourth-order valence-corrected chi connectivity index (χ4v) is 20.0. The Balaban J connectivity index is 0.718.